The molecule has 7 heteroatoms. The molecule has 0 saturated carbocycles. The van der Waals surface area contributed by atoms with Crippen LogP contribution in [0.4, 0.5) is 18.9 Å². The van der Waals surface area contributed by atoms with Crippen molar-refractivity contribution in [2.24, 2.45) is 0 Å². The summed E-state index contributed by atoms with van der Waals surface area (Å²) in [5.74, 6) is -1.25. The van der Waals surface area contributed by atoms with Gasteiger partial charge in [0, 0.05) is 5.69 Å². The number of hydrogen-bond acceptors (Lipinski definition) is 3. The van der Waals surface area contributed by atoms with Crippen LogP contribution < -0.4 is 11.3 Å². The van der Waals surface area contributed by atoms with Gasteiger partial charge < -0.3 is 5.73 Å². The van der Waals surface area contributed by atoms with Crippen LogP contribution in [0.1, 0.15) is 23.0 Å². The van der Waals surface area contributed by atoms with Crippen molar-refractivity contribution < 1.29 is 13.2 Å². The van der Waals surface area contributed by atoms with Gasteiger partial charge in [-0.3, -0.25) is 9.36 Å². The Morgan fingerprint density at radius 1 is 0.862 bits per heavy atom. The minimum Gasteiger partial charge on any atom is -0.399 e. The second-order valence-electron chi connectivity index (χ2n) is 6.61. The van der Waals surface area contributed by atoms with Gasteiger partial charge in [0.15, 0.2) is 0 Å². The van der Waals surface area contributed by atoms with E-state index in [0.717, 1.165) is 0 Å². The number of nitrogen functional groups attached to an aromatic ring is 1. The van der Waals surface area contributed by atoms with E-state index in [4.69, 9.17) is 5.73 Å². The molecule has 3 aromatic carbocycles. The van der Waals surface area contributed by atoms with Crippen molar-refractivity contribution in [3.63, 3.8) is 0 Å². The van der Waals surface area contributed by atoms with Gasteiger partial charge in [-0.25, -0.2) is 4.98 Å². The molecule has 0 aliphatic rings. The van der Waals surface area contributed by atoms with E-state index in [1.807, 2.05) is 0 Å². The Morgan fingerprint density at radius 2 is 1.41 bits per heavy atom. The topological polar surface area (TPSA) is 60.9 Å². The monoisotopic (exact) mass is 395 g/mol. The van der Waals surface area contributed by atoms with Crippen molar-refractivity contribution in [1.82, 2.24) is 9.55 Å². The largest absolute Gasteiger partial charge is 0.449 e. The lowest BCUT2D eigenvalue weighted by atomic mass is 9.98. The average Bonchev–Trinajstić information content (AvgIpc) is 2.71. The molecule has 2 N–H and O–H groups in total. The van der Waals surface area contributed by atoms with Crippen molar-refractivity contribution >= 4 is 16.6 Å². The van der Waals surface area contributed by atoms with Gasteiger partial charge in [0.1, 0.15) is 0 Å². The van der Waals surface area contributed by atoms with Gasteiger partial charge in [0.25, 0.3) is 5.56 Å². The molecule has 0 amide bonds. The lowest BCUT2D eigenvalue weighted by molar-refractivity contribution is -0.148. The Balaban J connectivity index is 2.13. The van der Waals surface area contributed by atoms with Crippen molar-refractivity contribution in [3.05, 3.63) is 106 Å². The highest BCUT2D eigenvalue weighted by Crippen LogP contribution is 2.34. The molecule has 4 nitrogen and oxygen atoms in total. The normalized spacial score (nSPS) is 11.9. The zero-order valence-electron chi connectivity index (χ0n) is 15.1. The van der Waals surface area contributed by atoms with Crippen LogP contribution in [-0.4, -0.2) is 9.55 Å². The van der Waals surface area contributed by atoms with Gasteiger partial charge in [-0.05, 0) is 29.3 Å². The molecule has 0 spiro atoms. The summed E-state index contributed by atoms with van der Waals surface area (Å²) in [5.41, 5.74) is 6.27. The Hall–Kier alpha value is -3.61. The maximum absolute atomic E-state index is 14.0. The molecule has 0 unspecified atom stereocenters. The number of alkyl halides is 3. The van der Waals surface area contributed by atoms with Crippen LogP contribution in [0.15, 0.2) is 83.7 Å². The predicted molar refractivity (Wildman–Crippen MR) is 106 cm³/mol. The molecule has 0 atom stereocenters. The number of halogens is 3. The highest BCUT2D eigenvalue weighted by Gasteiger charge is 2.39. The number of aromatic nitrogens is 2. The van der Waals surface area contributed by atoms with Gasteiger partial charge in [0.05, 0.1) is 16.9 Å². The molecule has 4 aromatic rings. The molecule has 29 heavy (non-hydrogen) atoms. The summed E-state index contributed by atoms with van der Waals surface area (Å²) in [6, 6.07) is 20.3. The van der Waals surface area contributed by atoms with Crippen LogP contribution in [0.3, 0.4) is 0 Å². The Morgan fingerprint density at radius 3 is 1.93 bits per heavy atom. The molecule has 4 rings (SSSR count). The molecule has 0 radical (unpaired) electrons. The van der Waals surface area contributed by atoms with Crippen LogP contribution >= 0.6 is 0 Å². The summed E-state index contributed by atoms with van der Waals surface area (Å²) < 4.78 is 42.7. The summed E-state index contributed by atoms with van der Waals surface area (Å²) >= 11 is 0. The fourth-order valence-electron chi connectivity index (χ4n) is 3.42. The SMILES string of the molecule is Nc1ccc2nc(C(F)(F)F)n(C(c3ccccc3)c3ccccc3)c(=O)c2c1. The second-order valence-corrected chi connectivity index (χ2v) is 6.61. The number of anilines is 1. The van der Waals surface area contributed by atoms with Crippen LogP contribution in [0.5, 0.6) is 0 Å². The minimum atomic E-state index is -4.82. The molecule has 0 bridgehead atoms. The minimum absolute atomic E-state index is 0.0369. The van der Waals surface area contributed by atoms with Crippen LogP contribution in [0.25, 0.3) is 10.9 Å². The smallest absolute Gasteiger partial charge is 0.399 e. The number of nitrogens with two attached hydrogens (primary N) is 1. The van der Waals surface area contributed by atoms with E-state index in [9.17, 15) is 18.0 Å². The Labute approximate surface area is 164 Å². The zero-order valence-corrected chi connectivity index (χ0v) is 15.1. The van der Waals surface area contributed by atoms with E-state index >= 15 is 0 Å². The van der Waals surface area contributed by atoms with E-state index in [1.54, 1.807) is 60.7 Å². The summed E-state index contributed by atoms with van der Waals surface area (Å²) in [5, 5.41) is 0.0369. The third kappa shape index (κ3) is 3.47. The molecular formula is C22H16F3N3O. The highest BCUT2D eigenvalue weighted by atomic mass is 19.4. The van der Waals surface area contributed by atoms with Crippen molar-refractivity contribution in [3.8, 4) is 0 Å². The number of benzene rings is 3. The third-order valence-electron chi connectivity index (χ3n) is 4.67. The summed E-state index contributed by atoms with van der Waals surface area (Å²) in [6.07, 6.45) is -4.82. The van der Waals surface area contributed by atoms with Crippen molar-refractivity contribution in [2.75, 3.05) is 5.73 Å². The Bertz CT molecular complexity index is 1180. The highest BCUT2D eigenvalue weighted by molar-refractivity contribution is 5.81. The van der Waals surface area contributed by atoms with E-state index < -0.39 is 23.6 Å². The quantitative estimate of drug-likeness (QED) is 0.515. The zero-order chi connectivity index (χ0) is 20.6. The van der Waals surface area contributed by atoms with Gasteiger partial charge in [-0.2, -0.15) is 13.2 Å². The maximum Gasteiger partial charge on any atom is 0.449 e. The van der Waals surface area contributed by atoms with Crippen molar-refractivity contribution in [2.45, 2.75) is 12.2 Å². The average molecular weight is 395 g/mol. The van der Waals surface area contributed by atoms with E-state index in [1.165, 1.54) is 18.2 Å². The molecule has 146 valence electrons. The first kappa shape index (κ1) is 18.7. The maximum atomic E-state index is 14.0. The van der Waals surface area contributed by atoms with Crippen LogP contribution in [0.2, 0.25) is 0 Å². The van der Waals surface area contributed by atoms with Crippen LogP contribution in [-0.2, 0) is 6.18 Å². The lowest BCUT2D eigenvalue weighted by Gasteiger charge is -2.25. The van der Waals surface area contributed by atoms with E-state index in [-0.39, 0.29) is 16.6 Å². The molecule has 1 aromatic heterocycles. The van der Waals surface area contributed by atoms with Gasteiger partial charge in [0.2, 0.25) is 5.82 Å². The first-order valence-corrected chi connectivity index (χ1v) is 8.85. The lowest BCUT2D eigenvalue weighted by Crippen LogP contribution is -2.34. The molecule has 0 aliphatic carbocycles. The first-order chi connectivity index (χ1) is 13.9. The van der Waals surface area contributed by atoms with Gasteiger partial charge >= 0.3 is 6.18 Å². The van der Waals surface area contributed by atoms with Crippen LogP contribution in [0, 0.1) is 0 Å². The number of rotatable bonds is 3. The van der Waals surface area contributed by atoms with Crippen molar-refractivity contribution in [1.29, 1.82) is 0 Å². The number of nitrogens with zero attached hydrogens (tertiary/aromatic N) is 2. The van der Waals surface area contributed by atoms with Gasteiger partial charge in [-0.1, -0.05) is 60.7 Å². The number of hydrogen-bond donors (Lipinski definition) is 1. The fraction of sp³-hybridized carbons (Fsp3) is 0.0909. The Kier molecular flexibility index (Phi) is 4.58. The first-order valence-electron chi connectivity index (χ1n) is 8.85. The van der Waals surface area contributed by atoms with Gasteiger partial charge in [-0.15, -0.1) is 0 Å². The predicted octanol–water partition coefficient (Wildman–Crippen LogP) is 4.64. The van der Waals surface area contributed by atoms with E-state index in [0.29, 0.717) is 15.7 Å². The molecule has 1 heterocycles. The molecule has 0 aliphatic heterocycles. The number of fused-ring (bicyclic) bond motifs is 1. The van der Waals surface area contributed by atoms with E-state index in [2.05, 4.69) is 4.98 Å². The molecule has 0 fully saturated rings. The standard InChI is InChI=1S/C22H16F3N3O/c23-22(24,25)21-27-18-12-11-16(26)13-17(18)20(29)28(21)19(14-7-3-1-4-8-14)15-9-5-2-6-10-15/h1-13,19H,26H2. The summed E-state index contributed by atoms with van der Waals surface area (Å²) in [4.78, 5) is 17.1. The fourth-order valence-corrected chi connectivity index (χ4v) is 3.42. The third-order valence-corrected chi connectivity index (χ3v) is 4.67. The summed E-state index contributed by atoms with van der Waals surface area (Å²) in [7, 11) is 0. The second kappa shape index (κ2) is 7.09. The summed E-state index contributed by atoms with van der Waals surface area (Å²) in [6.45, 7) is 0. The molecule has 0 saturated heterocycles. The molecular weight excluding hydrogens is 379 g/mol.